The fourth-order valence-electron chi connectivity index (χ4n) is 4.04. The van der Waals surface area contributed by atoms with Crippen molar-refractivity contribution >= 4 is 22.3 Å². The molecular formula is C27H20F10O3S. The molecule has 0 spiro atoms. The number of alkyl halides is 9. The molecule has 0 saturated carbocycles. The topological polar surface area (TPSA) is 57.5 Å². The van der Waals surface area contributed by atoms with E-state index in [0.29, 0.717) is 5.75 Å². The molecule has 0 amide bonds. The van der Waals surface area contributed by atoms with Crippen LogP contribution < -0.4 is 0 Å². The van der Waals surface area contributed by atoms with Gasteiger partial charge >= 0.3 is 23.3 Å². The number of hydrogen-bond donors (Lipinski definition) is 2. The van der Waals surface area contributed by atoms with Crippen LogP contribution in [0.25, 0.3) is 11.1 Å². The Morgan fingerprint density at radius 1 is 0.683 bits per heavy atom. The summed E-state index contributed by atoms with van der Waals surface area (Å²) in [6.07, 6.45) is -5.20. The van der Waals surface area contributed by atoms with Crippen LogP contribution in [-0.4, -0.2) is 37.7 Å². The number of phenols is 2. The first kappa shape index (κ1) is 32.0. The molecule has 0 saturated heterocycles. The zero-order valence-corrected chi connectivity index (χ0v) is 21.6. The normalized spacial score (nSPS) is 15.1. The number of aromatic hydroxyl groups is 2. The quantitative estimate of drug-likeness (QED) is 0.224. The van der Waals surface area contributed by atoms with Crippen molar-refractivity contribution in [2.45, 2.75) is 43.0 Å². The predicted octanol–water partition coefficient (Wildman–Crippen LogP) is 8.36. The van der Waals surface area contributed by atoms with E-state index in [-0.39, 0.29) is 5.75 Å². The molecule has 1 unspecified atom stereocenters. The zero-order valence-electron chi connectivity index (χ0n) is 20.8. The maximum atomic E-state index is 12.1. The fourth-order valence-corrected chi connectivity index (χ4v) is 4.37. The van der Waals surface area contributed by atoms with Gasteiger partial charge in [-0.1, -0.05) is 48.0 Å². The summed E-state index contributed by atoms with van der Waals surface area (Å²) >= 11 is -5.39. The highest BCUT2D eigenvalue weighted by Crippen LogP contribution is 2.54. The molecule has 4 rings (SSSR count). The van der Waals surface area contributed by atoms with E-state index in [1.54, 1.807) is 18.2 Å². The smallest absolute Gasteiger partial charge is 0.460 e. The number of phenolic OH excluding ortho intramolecular Hbond substituents is 2. The van der Waals surface area contributed by atoms with Gasteiger partial charge in [-0.05, 0) is 77.4 Å². The first-order valence-corrected chi connectivity index (χ1v) is 12.6. The van der Waals surface area contributed by atoms with Crippen LogP contribution >= 0.6 is 0 Å². The number of aryl methyl sites for hydroxylation is 2. The lowest BCUT2D eigenvalue weighted by Gasteiger charge is -2.31. The molecule has 3 aromatic rings. The fraction of sp³-hybridized carbons (Fsp3) is 0.259. The van der Waals surface area contributed by atoms with Crippen LogP contribution in [0.3, 0.4) is 0 Å². The minimum Gasteiger partial charge on any atom is -0.508 e. The average molecular weight is 615 g/mol. The maximum Gasteiger partial charge on any atom is 0.460 e. The molecule has 0 heterocycles. The van der Waals surface area contributed by atoms with Gasteiger partial charge in [-0.2, -0.15) is 39.5 Å². The largest absolute Gasteiger partial charge is 0.508 e. The van der Waals surface area contributed by atoms with Crippen molar-refractivity contribution in [2.24, 2.45) is 0 Å². The van der Waals surface area contributed by atoms with Crippen molar-refractivity contribution in [3.63, 3.8) is 0 Å². The van der Waals surface area contributed by atoms with Crippen LogP contribution in [-0.2, 0) is 17.6 Å². The predicted molar refractivity (Wildman–Crippen MR) is 132 cm³/mol. The van der Waals surface area contributed by atoms with E-state index in [0.717, 1.165) is 24.0 Å². The van der Waals surface area contributed by atoms with Crippen LogP contribution in [0.4, 0.5) is 43.4 Å². The number of fused-ring (bicyclic) bond motifs is 1. The average Bonchev–Trinajstić information content (AvgIpc) is 2.88. The lowest BCUT2D eigenvalue weighted by atomic mass is 9.79. The van der Waals surface area contributed by atoms with E-state index < -0.39 is 34.5 Å². The number of benzene rings is 3. The molecule has 0 aliphatic heterocycles. The Morgan fingerprint density at radius 3 is 1.71 bits per heavy atom. The second-order valence-electron chi connectivity index (χ2n) is 8.99. The number of halogens is 10. The Morgan fingerprint density at radius 2 is 1.20 bits per heavy atom. The third kappa shape index (κ3) is 6.21. The van der Waals surface area contributed by atoms with Gasteiger partial charge < -0.3 is 10.2 Å². The van der Waals surface area contributed by atoms with E-state index >= 15 is 0 Å². The van der Waals surface area contributed by atoms with Crippen LogP contribution in [0.15, 0.2) is 66.7 Å². The Balaban J connectivity index is 0.000000253. The summed E-state index contributed by atoms with van der Waals surface area (Å²) in [7, 11) is 0. The van der Waals surface area contributed by atoms with E-state index in [4.69, 9.17) is 0 Å². The molecule has 0 bridgehead atoms. The number of rotatable bonds is 5. The molecule has 3 nitrogen and oxygen atoms in total. The SMILES string of the molecule is Cc1ccc(C2=C(c3ccc(O)cc3)c3ccc(O)cc3CC2)cc1.O=S(F)C(F)(F)C(F)(F)C(F)(F)C(F)(F)F. The summed E-state index contributed by atoms with van der Waals surface area (Å²) in [5.41, 5.74) is 8.38. The molecule has 0 fully saturated rings. The first-order chi connectivity index (χ1) is 18.8. The second-order valence-corrected chi connectivity index (χ2v) is 9.95. The van der Waals surface area contributed by atoms with E-state index in [1.165, 1.54) is 27.8 Å². The van der Waals surface area contributed by atoms with Crippen LogP contribution in [0, 0.1) is 6.92 Å². The van der Waals surface area contributed by atoms with Gasteiger partial charge in [0.2, 0.25) is 0 Å². The molecule has 14 heteroatoms. The molecule has 0 aromatic heterocycles. The van der Waals surface area contributed by atoms with Gasteiger partial charge in [-0.3, -0.25) is 0 Å². The van der Waals surface area contributed by atoms with Gasteiger partial charge in [0.05, 0.1) is 0 Å². The van der Waals surface area contributed by atoms with Gasteiger partial charge in [0.15, 0.2) is 0 Å². The molecule has 1 aliphatic carbocycles. The van der Waals surface area contributed by atoms with Gasteiger partial charge in [-0.15, -0.1) is 3.89 Å². The summed E-state index contributed by atoms with van der Waals surface area (Å²) in [6.45, 7) is 2.10. The zero-order chi connectivity index (χ0) is 31.0. The Labute approximate surface area is 229 Å². The molecule has 1 aliphatic rings. The Kier molecular flexibility index (Phi) is 8.87. The minimum absolute atomic E-state index is 0.267. The second kappa shape index (κ2) is 11.4. The molecule has 3 aromatic carbocycles. The third-order valence-corrected chi connectivity index (χ3v) is 6.84. The van der Waals surface area contributed by atoms with Crippen molar-refractivity contribution in [1.29, 1.82) is 0 Å². The Bertz CT molecular complexity index is 1450. The van der Waals surface area contributed by atoms with E-state index in [2.05, 4.69) is 31.2 Å². The van der Waals surface area contributed by atoms with E-state index in [9.17, 15) is 57.8 Å². The highest BCUT2D eigenvalue weighted by Gasteiger charge is 2.84. The minimum atomic E-state index is -7.22. The highest BCUT2D eigenvalue weighted by molar-refractivity contribution is 7.81. The summed E-state index contributed by atoms with van der Waals surface area (Å²) in [4.78, 5) is 0. The molecule has 222 valence electrons. The van der Waals surface area contributed by atoms with Crippen LogP contribution in [0.1, 0.15) is 34.2 Å². The standard InChI is InChI=1S/C23H20O2.C4F10OS/c1-15-2-4-16(5-3-15)21-12-8-18-14-20(25)11-13-22(18)23(21)17-6-9-19(24)10-7-17;5-1(6,3(9,10)11)2(7,8)4(12,13)16(14)15/h2-7,9-11,13-14,24-25H,8,12H2,1H3;. The molecule has 0 radical (unpaired) electrons. The van der Waals surface area contributed by atoms with Crippen molar-refractivity contribution < 1.29 is 57.8 Å². The monoisotopic (exact) mass is 614 g/mol. The lowest BCUT2D eigenvalue weighted by Crippen LogP contribution is -2.61. The highest BCUT2D eigenvalue weighted by atomic mass is 32.2. The Hall–Kier alpha value is -3.55. The molecule has 2 N–H and O–H groups in total. The van der Waals surface area contributed by atoms with Crippen molar-refractivity contribution in [3.8, 4) is 11.5 Å². The summed E-state index contributed by atoms with van der Waals surface area (Å²) < 4.78 is 127. The lowest BCUT2D eigenvalue weighted by molar-refractivity contribution is -0.382. The summed E-state index contributed by atoms with van der Waals surface area (Å²) in [6, 6.07) is 21.6. The van der Waals surface area contributed by atoms with Gasteiger partial charge in [0, 0.05) is 0 Å². The van der Waals surface area contributed by atoms with Crippen molar-refractivity contribution in [3.05, 3.63) is 94.5 Å². The van der Waals surface area contributed by atoms with Gasteiger partial charge in [0.1, 0.15) is 11.5 Å². The van der Waals surface area contributed by atoms with Crippen LogP contribution in [0.2, 0.25) is 0 Å². The van der Waals surface area contributed by atoms with Crippen LogP contribution in [0.5, 0.6) is 11.5 Å². The van der Waals surface area contributed by atoms with Gasteiger partial charge in [0.25, 0.3) is 11.2 Å². The maximum absolute atomic E-state index is 12.1. The van der Waals surface area contributed by atoms with E-state index in [1.807, 2.05) is 24.3 Å². The first-order valence-electron chi connectivity index (χ1n) is 11.5. The van der Waals surface area contributed by atoms with Crippen molar-refractivity contribution in [1.82, 2.24) is 0 Å². The van der Waals surface area contributed by atoms with Crippen molar-refractivity contribution in [2.75, 3.05) is 0 Å². The summed E-state index contributed by atoms with van der Waals surface area (Å²) in [5.74, 6) is -13.8. The molecular weight excluding hydrogens is 594 g/mol. The molecule has 41 heavy (non-hydrogen) atoms. The number of hydrogen-bond acceptors (Lipinski definition) is 3. The molecule has 1 atom stereocenters. The van der Waals surface area contributed by atoms with Gasteiger partial charge in [-0.25, -0.2) is 4.21 Å². The summed E-state index contributed by atoms with van der Waals surface area (Å²) in [5, 5.41) is 12.8. The number of allylic oxidation sites excluding steroid dienone is 1. The third-order valence-electron chi connectivity index (χ3n) is 6.18.